The van der Waals surface area contributed by atoms with E-state index in [1.807, 2.05) is 6.08 Å². The molecular weight excluding hydrogens is 327 g/mol. The Labute approximate surface area is 137 Å². The largest absolute Gasteiger partial charge is 0.490 e. The minimum absolute atomic E-state index is 0.0522. The Balaban J connectivity index is 1.81. The van der Waals surface area contributed by atoms with E-state index in [1.54, 1.807) is 19.1 Å². The van der Waals surface area contributed by atoms with Crippen LogP contribution < -0.4 is 15.0 Å². The van der Waals surface area contributed by atoms with E-state index in [9.17, 15) is 13.2 Å². The van der Waals surface area contributed by atoms with Crippen molar-refractivity contribution >= 4 is 5.70 Å². The standard InChI is InChI=1S/C16H18F3NO4/c1-2-22-14-7-11(3-4-13(14)23-10-16(17,18)19)12-8-15(24-20-12)5-6-21-9-15/h3-4,7-8,20H,2,5-6,9-10H2,1H3. The number of benzene rings is 1. The van der Waals surface area contributed by atoms with Gasteiger partial charge in [0.05, 0.1) is 18.9 Å². The fraction of sp³-hybridized carbons (Fsp3) is 0.500. The average Bonchev–Trinajstić information content (AvgIpc) is 3.16. The summed E-state index contributed by atoms with van der Waals surface area (Å²) < 4.78 is 52.6. The highest BCUT2D eigenvalue weighted by Gasteiger charge is 2.39. The van der Waals surface area contributed by atoms with Gasteiger partial charge in [0.15, 0.2) is 18.1 Å². The first-order chi connectivity index (χ1) is 11.4. The normalized spacial score (nSPS) is 23.2. The predicted octanol–water partition coefficient (Wildman–Crippen LogP) is 3.06. The zero-order chi connectivity index (χ0) is 17.2. The topological polar surface area (TPSA) is 49.0 Å². The molecule has 24 heavy (non-hydrogen) atoms. The minimum Gasteiger partial charge on any atom is -0.490 e. The molecular formula is C16H18F3NO4. The summed E-state index contributed by atoms with van der Waals surface area (Å²) in [6, 6.07) is 4.75. The third-order valence-electron chi connectivity index (χ3n) is 3.73. The molecule has 0 amide bonds. The summed E-state index contributed by atoms with van der Waals surface area (Å²) in [5, 5.41) is 0. The molecule has 2 heterocycles. The molecule has 1 spiro atoms. The number of halogens is 3. The first kappa shape index (κ1) is 16.9. The number of rotatable bonds is 5. The zero-order valence-electron chi connectivity index (χ0n) is 13.1. The van der Waals surface area contributed by atoms with Crippen LogP contribution in [0.4, 0.5) is 13.2 Å². The number of ether oxygens (including phenoxy) is 3. The lowest BCUT2D eigenvalue weighted by molar-refractivity contribution is -0.153. The molecule has 1 aromatic carbocycles. The van der Waals surface area contributed by atoms with E-state index in [2.05, 4.69) is 5.48 Å². The molecule has 0 saturated carbocycles. The fourth-order valence-electron chi connectivity index (χ4n) is 2.60. The van der Waals surface area contributed by atoms with Crippen molar-refractivity contribution in [1.82, 2.24) is 5.48 Å². The maximum atomic E-state index is 12.3. The summed E-state index contributed by atoms with van der Waals surface area (Å²) >= 11 is 0. The second-order valence-corrected chi connectivity index (χ2v) is 5.63. The van der Waals surface area contributed by atoms with Crippen molar-refractivity contribution in [3.8, 4) is 11.5 Å². The molecule has 1 unspecified atom stereocenters. The van der Waals surface area contributed by atoms with Crippen LogP contribution in [0.1, 0.15) is 18.9 Å². The first-order valence-electron chi connectivity index (χ1n) is 7.62. The van der Waals surface area contributed by atoms with Gasteiger partial charge >= 0.3 is 6.18 Å². The van der Waals surface area contributed by atoms with Crippen molar-refractivity contribution < 1.29 is 32.2 Å². The third-order valence-corrected chi connectivity index (χ3v) is 3.73. The summed E-state index contributed by atoms with van der Waals surface area (Å²) in [7, 11) is 0. The van der Waals surface area contributed by atoms with Crippen LogP contribution in [0.2, 0.25) is 0 Å². The van der Waals surface area contributed by atoms with E-state index in [0.29, 0.717) is 19.8 Å². The number of hydroxylamine groups is 1. The van der Waals surface area contributed by atoms with Gasteiger partial charge in [-0.15, -0.1) is 0 Å². The van der Waals surface area contributed by atoms with Crippen LogP contribution in [0.5, 0.6) is 11.5 Å². The summed E-state index contributed by atoms with van der Waals surface area (Å²) in [4.78, 5) is 5.60. The van der Waals surface area contributed by atoms with Crippen LogP contribution in [0.3, 0.4) is 0 Å². The molecule has 0 bridgehead atoms. The molecule has 1 aromatic rings. The van der Waals surface area contributed by atoms with E-state index in [0.717, 1.165) is 17.7 Å². The number of nitrogens with one attached hydrogen (secondary N) is 1. The maximum Gasteiger partial charge on any atom is 0.422 e. The van der Waals surface area contributed by atoms with Crippen molar-refractivity contribution in [3.05, 3.63) is 29.8 Å². The van der Waals surface area contributed by atoms with Gasteiger partial charge in [-0.05, 0) is 31.2 Å². The van der Waals surface area contributed by atoms with Gasteiger partial charge in [0.2, 0.25) is 0 Å². The van der Waals surface area contributed by atoms with Gasteiger partial charge in [-0.3, -0.25) is 10.3 Å². The van der Waals surface area contributed by atoms with Gasteiger partial charge in [0, 0.05) is 18.6 Å². The molecule has 2 aliphatic rings. The van der Waals surface area contributed by atoms with Gasteiger partial charge in [0.1, 0.15) is 5.60 Å². The van der Waals surface area contributed by atoms with E-state index in [4.69, 9.17) is 19.0 Å². The number of alkyl halides is 3. The number of hydrogen-bond donors (Lipinski definition) is 1. The van der Waals surface area contributed by atoms with Crippen molar-refractivity contribution in [1.29, 1.82) is 0 Å². The van der Waals surface area contributed by atoms with Crippen LogP contribution in [0, 0.1) is 0 Å². The molecule has 5 nitrogen and oxygen atoms in total. The summed E-state index contributed by atoms with van der Waals surface area (Å²) in [6.45, 7) is 1.79. The van der Waals surface area contributed by atoms with Crippen molar-refractivity contribution in [3.63, 3.8) is 0 Å². The molecule has 0 aliphatic carbocycles. The molecule has 0 radical (unpaired) electrons. The molecule has 132 valence electrons. The molecule has 2 aliphatic heterocycles. The van der Waals surface area contributed by atoms with E-state index in [1.165, 1.54) is 6.07 Å². The van der Waals surface area contributed by atoms with Gasteiger partial charge < -0.3 is 14.2 Å². The van der Waals surface area contributed by atoms with E-state index < -0.39 is 18.4 Å². The lowest BCUT2D eigenvalue weighted by Gasteiger charge is -2.15. The van der Waals surface area contributed by atoms with Crippen LogP contribution in [-0.4, -0.2) is 38.2 Å². The summed E-state index contributed by atoms with van der Waals surface area (Å²) in [6.07, 6.45) is -1.73. The fourth-order valence-corrected chi connectivity index (χ4v) is 2.60. The Bertz CT molecular complexity index is 624. The first-order valence-corrected chi connectivity index (χ1v) is 7.62. The average molecular weight is 345 g/mol. The third kappa shape index (κ3) is 3.76. The Morgan fingerprint density at radius 3 is 2.75 bits per heavy atom. The highest BCUT2D eigenvalue weighted by molar-refractivity contribution is 5.68. The maximum absolute atomic E-state index is 12.3. The van der Waals surface area contributed by atoms with E-state index >= 15 is 0 Å². The van der Waals surface area contributed by atoms with Crippen molar-refractivity contribution in [2.24, 2.45) is 0 Å². The van der Waals surface area contributed by atoms with Gasteiger partial charge in [-0.2, -0.15) is 13.2 Å². The molecule has 0 aromatic heterocycles. The quantitative estimate of drug-likeness (QED) is 0.889. The molecule has 1 saturated heterocycles. The Morgan fingerprint density at radius 1 is 1.25 bits per heavy atom. The number of hydrogen-bond acceptors (Lipinski definition) is 5. The molecule has 1 atom stereocenters. The Hall–Kier alpha value is -1.93. The van der Waals surface area contributed by atoms with Crippen LogP contribution >= 0.6 is 0 Å². The monoisotopic (exact) mass is 345 g/mol. The van der Waals surface area contributed by atoms with Crippen LogP contribution in [0.25, 0.3) is 5.70 Å². The highest BCUT2D eigenvalue weighted by atomic mass is 19.4. The SMILES string of the molecule is CCOc1cc(C2=CC3(CCOC3)ON2)ccc1OCC(F)(F)F. The van der Waals surface area contributed by atoms with Crippen LogP contribution in [-0.2, 0) is 9.57 Å². The Kier molecular flexibility index (Phi) is 4.60. The van der Waals surface area contributed by atoms with Crippen molar-refractivity contribution in [2.75, 3.05) is 26.4 Å². The smallest absolute Gasteiger partial charge is 0.422 e. The lowest BCUT2D eigenvalue weighted by Crippen LogP contribution is -2.29. The second-order valence-electron chi connectivity index (χ2n) is 5.63. The zero-order valence-corrected chi connectivity index (χ0v) is 13.1. The minimum atomic E-state index is -4.40. The van der Waals surface area contributed by atoms with Gasteiger partial charge in [-0.1, -0.05) is 0 Å². The van der Waals surface area contributed by atoms with Gasteiger partial charge in [-0.25, -0.2) is 0 Å². The molecule has 1 fully saturated rings. The predicted molar refractivity (Wildman–Crippen MR) is 79.5 cm³/mol. The summed E-state index contributed by atoms with van der Waals surface area (Å²) in [5.74, 6) is 0.307. The second kappa shape index (κ2) is 6.52. The van der Waals surface area contributed by atoms with E-state index in [-0.39, 0.29) is 11.5 Å². The summed E-state index contributed by atoms with van der Waals surface area (Å²) in [5.41, 5.74) is 3.84. The van der Waals surface area contributed by atoms with Crippen LogP contribution in [0.15, 0.2) is 24.3 Å². The highest BCUT2D eigenvalue weighted by Crippen LogP contribution is 2.36. The molecule has 3 rings (SSSR count). The van der Waals surface area contributed by atoms with Gasteiger partial charge in [0.25, 0.3) is 0 Å². The lowest BCUT2D eigenvalue weighted by atomic mass is 10.0. The Morgan fingerprint density at radius 2 is 2.08 bits per heavy atom. The molecule has 1 N–H and O–H groups in total. The van der Waals surface area contributed by atoms with Crippen molar-refractivity contribution in [2.45, 2.75) is 25.1 Å². The molecule has 8 heteroatoms.